The highest BCUT2D eigenvalue weighted by Crippen LogP contribution is 2.51. The molecule has 1 N–H and O–H groups in total. The summed E-state index contributed by atoms with van der Waals surface area (Å²) in [5.74, 6) is 2.51. The van der Waals surface area contributed by atoms with Crippen molar-refractivity contribution in [3.05, 3.63) is 69.7 Å². The zero-order valence-electron chi connectivity index (χ0n) is 14.9. The van der Waals surface area contributed by atoms with E-state index in [-0.39, 0.29) is 6.04 Å². The van der Waals surface area contributed by atoms with Crippen LogP contribution in [0.2, 0.25) is 0 Å². The Balaban J connectivity index is 1.80. The summed E-state index contributed by atoms with van der Waals surface area (Å²) in [6, 6.07) is 13.4. The summed E-state index contributed by atoms with van der Waals surface area (Å²) in [4.78, 5) is 0. The minimum Gasteiger partial charge on any atom is -0.496 e. The van der Waals surface area contributed by atoms with E-state index in [9.17, 15) is 0 Å². The van der Waals surface area contributed by atoms with E-state index in [1.165, 1.54) is 22.4 Å². The van der Waals surface area contributed by atoms with Crippen molar-refractivity contribution in [2.75, 3.05) is 12.4 Å². The number of allylic oxidation sites excluding steroid dienone is 2. The molecule has 25 heavy (non-hydrogen) atoms. The summed E-state index contributed by atoms with van der Waals surface area (Å²) >= 11 is 3.62. The lowest BCUT2D eigenvalue weighted by molar-refractivity contribution is 0.381. The Hall–Kier alpha value is -1.74. The number of halogens is 1. The fraction of sp³-hybridized carbons (Fsp3) is 0.364. The SMILES string of the molecule is COc1ccc(Br)cc1C1Nc2ccc(C(C)C)cc2C2C=CCC21. The van der Waals surface area contributed by atoms with E-state index in [1.54, 1.807) is 7.11 Å². The van der Waals surface area contributed by atoms with Gasteiger partial charge in [0.1, 0.15) is 5.75 Å². The first-order valence-electron chi connectivity index (χ1n) is 8.99. The lowest BCUT2D eigenvalue weighted by Crippen LogP contribution is -2.29. The molecule has 0 aromatic heterocycles. The molecule has 0 bridgehead atoms. The Bertz CT molecular complexity index is 827. The van der Waals surface area contributed by atoms with Gasteiger partial charge in [0.2, 0.25) is 0 Å². The lowest BCUT2D eigenvalue weighted by atomic mass is 9.76. The Morgan fingerprint density at radius 1 is 1.12 bits per heavy atom. The molecule has 130 valence electrons. The van der Waals surface area contributed by atoms with Gasteiger partial charge in [-0.3, -0.25) is 0 Å². The maximum absolute atomic E-state index is 5.66. The first-order valence-corrected chi connectivity index (χ1v) is 9.78. The number of methoxy groups -OCH3 is 1. The molecule has 1 aliphatic heterocycles. The molecule has 0 saturated heterocycles. The van der Waals surface area contributed by atoms with Crippen LogP contribution in [0.4, 0.5) is 5.69 Å². The quantitative estimate of drug-likeness (QED) is 0.604. The number of anilines is 1. The van der Waals surface area contributed by atoms with Gasteiger partial charge in [0.25, 0.3) is 0 Å². The van der Waals surface area contributed by atoms with E-state index in [0.717, 1.165) is 16.6 Å². The Morgan fingerprint density at radius 2 is 1.96 bits per heavy atom. The Kier molecular flexibility index (Phi) is 4.36. The van der Waals surface area contributed by atoms with E-state index in [2.05, 4.69) is 77.6 Å². The number of nitrogens with one attached hydrogen (secondary N) is 1. The van der Waals surface area contributed by atoms with Crippen molar-refractivity contribution in [3.8, 4) is 5.75 Å². The molecule has 0 amide bonds. The van der Waals surface area contributed by atoms with Crippen LogP contribution >= 0.6 is 15.9 Å². The topological polar surface area (TPSA) is 21.3 Å². The highest BCUT2D eigenvalue weighted by Gasteiger charge is 2.39. The molecule has 0 spiro atoms. The van der Waals surface area contributed by atoms with Crippen molar-refractivity contribution >= 4 is 21.6 Å². The monoisotopic (exact) mass is 397 g/mol. The molecular formula is C22H24BrNO. The van der Waals surface area contributed by atoms with Crippen LogP contribution in [0.1, 0.15) is 54.8 Å². The molecule has 0 fully saturated rings. The first kappa shape index (κ1) is 16.7. The molecule has 0 radical (unpaired) electrons. The maximum Gasteiger partial charge on any atom is 0.124 e. The van der Waals surface area contributed by atoms with Gasteiger partial charge >= 0.3 is 0 Å². The van der Waals surface area contributed by atoms with Crippen molar-refractivity contribution in [1.29, 1.82) is 0 Å². The summed E-state index contributed by atoms with van der Waals surface area (Å²) in [6.07, 6.45) is 5.83. The molecule has 0 saturated carbocycles. The summed E-state index contributed by atoms with van der Waals surface area (Å²) in [5, 5.41) is 3.81. The number of rotatable bonds is 3. The summed E-state index contributed by atoms with van der Waals surface area (Å²) in [7, 11) is 1.75. The predicted octanol–water partition coefficient (Wildman–Crippen LogP) is 6.41. The average molecular weight is 398 g/mol. The van der Waals surface area contributed by atoms with Gasteiger partial charge in [0, 0.05) is 21.6 Å². The van der Waals surface area contributed by atoms with Crippen molar-refractivity contribution in [2.45, 2.75) is 38.1 Å². The molecule has 1 aliphatic carbocycles. The highest BCUT2D eigenvalue weighted by atomic mass is 79.9. The van der Waals surface area contributed by atoms with Gasteiger partial charge in [-0.05, 0) is 53.6 Å². The van der Waals surface area contributed by atoms with Crippen LogP contribution in [-0.4, -0.2) is 7.11 Å². The minimum absolute atomic E-state index is 0.254. The second-order valence-corrected chi connectivity index (χ2v) is 8.28. The molecule has 4 rings (SSSR count). The molecule has 2 aliphatic rings. The zero-order valence-corrected chi connectivity index (χ0v) is 16.5. The zero-order chi connectivity index (χ0) is 17.6. The Morgan fingerprint density at radius 3 is 2.72 bits per heavy atom. The van der Waals surface area contributed by atoms with Crippen molar-refractivity contribution in [3.63, 3.8) is 0 Å². The van der Waals surface area contributed by atoms with Crippen molar-refractivity contribution < 1.29 is 4.74 Å². The molecule has 2 nitrogen and oxygen atoms in total. The largest absolute Gasteiger partial charge is 0.496 e. The Labute approximate surface area is 158 Å². The normalized spacial score (nSPS) is 24.0. The standard InChI is InChI=1S/C22H24BrNO/c1-13(2)14-7-9-20-18(11-14)16-5-4-6-17(16)22(24-20)19-12-15(23)8-10-21(19)25-3/h4-5,7-13,16-17,22,24H,6H2,1-3H3. The average Bonchev–Trinajstić information content (AvgIpc) is 3.10. The third-order valence-corrected chi connectivity index (χ3v) is 6.07. The number of hydrogen-bond donors (Lipinski definition) is 1. The fourth-order valence-electron chi connectivity index (χ4n) is 4.23. The fourth-order valence-corrected chi connectivity index (χ4v) is 4.61. The van der Waals surface area contributed by atoms with Gasteiger partial charge in [-0.15, -0.1) is 0 Å². The number of benzene rings is 2. The van der Waals surface area contributed by atoms with Crippen molar-refractivity contribution in [2.24, 2.45) is 5.92 Å². The van der Waals surface area contributed by atoms with E-state index >= 15 is 0 Å². The smallest absolute Gasteiger partial charge is 0.124 e. The molecule has 2 aromatic carbocycles. The van der Waals surface area contributed by atoms with Crippen LogP contribution in [0.3, 0.4) is 0 Å². The van der Waals surface area contributed by atoms with Gasteiger partial charge in [0.15, 0.2) is 0 Å². The number of fused-ring (bicyclic) bond motifs is 3. The molecular weight excluding hydrogens is 374 g/mol. The van der Waals surface area contributed by atoms with Crippen LogP contribution in [0.15, 0.2) is 53.0 Å². The van der Waals surface area contributed by atoms with Gasteiger partial charge in [0.05, 0.1) is 13.2 Å². The van der Waals surface area contributed by atoms with Gasteiger partial charge in [-0.25, -0.2) is 0 Å². The van der Waals surface area contributed by atoms with Crippen LogP contribution in [0.5, 0.6) is 5.75 Å². The summed E-state index contributed by atoms with van der Waals surface area (Å²) in [5.41, 5.74) is 5.34. The third kappa shape index (κ3) is 2.89. The third-order valence-electron chi connectivity index (χ3n) is 5.58. The second-order valence-electron chi connectivity index (χ2n) is 7.36. The first-order chi connectivity index (χ1) is 12.1. The molecule has 3 heteroatoms. The summed E-state index contributed by atoms with van der Waals surface area (Å²) < 4.78 is 6.75. The van der Waals surface area contributed by atoms with Gasteiger partial charge < -0.3 is 10.1 Å². The molecule has 3 unspecified atom stereocenters. The summed E-state index contributed by atoms with van der Waals surface area (Å²) in [6.45, 7) is 4.52. The van der Waals surface area contributed by atoms with E-state index < -0.39 is 0 Å². The van der Waals surface area contributed by atoms with Crippen LogP contribution in [0.25, 0.3) is 0 Å². The molecule has 1 heterocycles. The molecule has 2 aromatic rings. The maximum atomic E-state index is 5.66. The second kappa shape index (κ2) is 6.53. The number of ether oxygens (including phenoxy) is 1. The van der Waals surface area contributed by atoms with Crippen molar-refractivity contribution in [1.82, 2.24) is 0 Å². The van der Waals surface area contributed by atoms with Gasteiger partial charge in [-0.2, -0.15) is 0 Å². The van der Waals surface area contributed by atoms with E-state index in [0.29, 0.717) is 17.8 Å². The minimum atomic E-state index is 0.254. The molecule has 3 atom stereocenters. The number of hydrogen-bond acceptors (Lipinski definition) is 2. The highest BCUT2D eigenvalue weighted by molar-refractivity contribution is 9.10. The van der Waals surface area contributed by atoms with Gasteiger partial charge in [-0.1, -0.05) is 54.1 Å². The predicted molar refractivity (Wildman–Crippen MR) is 108 cm³/mol. The van der Waals surface area contributed by atoms with E-state index in [1.807, 2.05) is 6.07 Å². The van der Waals surface area contributed by atoms with E-state index in [4.69, 9.17) is 4.74 Å². The van der Waals surface area contributed by atoms with Crippen LogP contribution < -0.4 is 10.1 Å². The lowest BCUT2D eigenvalue weighted by Gasteiger charge is -2.38. The van der Waals surface area contributed by atoms with Crippen LogP contribution in [-0.2, 0) is 0 Å². The van der Waals surface area contributed by atoms with Crippen LogP contribution in [0, 0.1) is 5.92 Å².